The lowest BCUT2D eigenvalue weighted by Crippen LogP contribution is -2.02. The molecule has 0 atom stereocenters. The number of aryl methyl sites for hydroxylation is 1. The number of rotatable bonds is 3. The summed E-state index contributed by atoms with van der Waals surface area (Å²) < 4.78 is 18.7. The number of halogens is 2. The number of nitrogens with zero attached hydrogens (tertiary/aromatic N) is 1. The van der Waals surface area contributed by atoms with E-state index in [4.69, 9.17) is 22.1 Å². The Morgan fingerprint density at radius 1 is 1.33 bits per heavy atom. The lowest BCUT2D eigenvalue weighted by molar-refractivity contribution is 0.300. The SMILES string of the molecule is Cc1ccc(OCc2nc(N)ccc2Cl)cc1F. The average Bonchev–Trinajstić information content (AvgIpc) is 2.34. The smallest absolute Gasteiger partial charge is 0.132 e. The van der Waals surface area contributed by atoms with Gasteiger partial charge in [0.1, 0.15) is 24.0 Å². The molecule has 1 aromatic carbocycles. The van der Waals surface area contributed by atoms with Crippen molar-refractivity contribution >= 4 is 17.4 Å². The van der Waals surface area contributed by atoms with Gasteiger partial charge in [-0.3, -0.25) is 0 Å². The molecular formula is C13H12ClFN2O. The maximum atomic E-state index is 13.3. The Bertz CT molecular complexity index is 575. The topological polar surface area (TPSA) is 48.1 Å². The molecule has 0 fully saturated rings. The van der Waals surface area contributed by atoms with Crippen LogP contribution >= 0.6 is 11.6 Å². The average molecular weight is 267 g/mol. The molecule has 0 unspecified atom stereocenters. The lowest BCUT2D eigenvalue weighted by atomic mass is 10.2. The van der Waals surface area contributed by atoms with E-state index in [1.165, 1.54) is 6.07 Å². The minimum absolute atomic E-state index is 0.145. The van der Waals surface area contributed by atoms with E-state index >= 15 is 0 Å². The molecule has 2 rings (SSSR count). The van der Waals surface area contributed by atoms with Crippen LogP contribution in [0, 0.1) is 12.7 Å². The summed E-state index contributed by atoms with van der Waals surface area (Å²) in [5.41, 5.74) is 6.65. The minimum Gasteiger partial charge on any atom is -0.487 e. The number of nitrogen functional groups attached to an aromatic ring is 1. The zero-order valence-corrected chi connectivity index (χ0v) is 10.5. The maximum absolute atomic E-state index is 13.3. The molecule has 0 aliphatic rings. The van der Waals surface area contributed by atoms with Crippen LogP contribution in [0.5, 0.6) is 5.75 Å². The molecule has 1 heterocycles. The first kappa shape index (κ1) is 12.6. The van der Waals surface area contributed by atoms with Gasteiger partial charge in [-0.1, -0.05) is 17.7 Å². The first-order chi connectivity index (χ1) is 8.56. The summed E-state index contributed by atoms with van der Waals surface area (Å²) in [7, 11) is 0. The van der Waals surface area contributed by atoms with Crippen molar-refractivity contribution in [1.29, 1.82) is 0 Å². The molecule has 3 nitrogen and oxygen atoms in total. The molecule has 2 N–H and O–H groups in total. The maximum Gasteiger partial charge on any atom is 0.132 e. The van der Waals surface area contributed by atoms with Crippen molar-refractivity contribution in [2.24, 2.45) is 0 Å². The highest BCUT2D eigenvalue weighted by Gasteiger charge is 2.05. The summed E-state index contributed by atoms with van der Waals surface area (Å²) in [6, 6.07) is 7.93. The minimum atomic E-state index is -0.306. The Kier molecular flexibility index (Phi) is 3.67. The molecule has 0 bridgehead atoms. The van der Waals surface area contributed by atoms with Crippen molar-refractivity contribution in [2.45, 2.75) is 13.5 Å². The summed E-state index contributed by atoms with van der Waals surface area (Å²) >= 11 is 5.95. The molecule has 1 aromatic heterocycles. The van der Waals surface area contributed by atoms with Crippen LogP contribution in [0.15, 0.2) is 30.3 Å². The third-order valence-corrected chi connectivity index (χ3v) is 2.80. The van der Waals surface area contributed by atoms with Crippen LogP contribution in [0.1, 0.15) is 11.3 Å². The van der Waals surface area contributed by atoms with E-state index < -0.39 is 0 Å². The van der Waals surface area contributed by atoms with Gasteiger partial charge >= 0.3 is 0 Å². The lowest BCUT2D eigenvalue weighted by Gasteiger charge is -2.08. The van der Waals surface area contributed by atoms with Gasteiger partial charge < -0.3 is 10.5 Å². The number of hydrogen-bond acceptors (Lipinski definition) is 3. The van der Waals surface area contributed by atoms with E-state index in [1.54, 1.807) is 31.2 Å². The normalized spacial score (nSPS) is 10.4. The molecule has 0 aliphatic heterocycles. The van der Waals surface area contributed by atoms with E-state index in [1.807, 2.05) is 0 Å². The van der Waals surface area contributed by atoms with Gasteiger partial charge in [0.2, 0.25) is 0 Å². The highest BCUT2D eigenvalue weighted by molar-refractivity contribution is 6.31. The quantitative estimate of drug-likeness (QED) is 0.927. The van der Waals surface area contributed by atoms with Crippen LogP contribution in [-0.2, 0) is 6.61 Å². The van der Waals surface area contributed by atoms with E-state index in [0.717, 1.165) is 0 Å². The standard InChI is InChI=1S/C13H12ClFN2O/c1-8-2-3-9(6-11(8)15)18-7-12-10(14)4-5-13(16)17-12/h2-6H,7H2,1H3,(H2,16,17). The molecule has 94 valence electrons. The summed E-state index contributed by atoms with van der Waals surface area (Å²) in [6.45, 7) is 1.84. The number of nitrogens with two attached hydrogens (primary N) is 1. The molecule has 5 heteroatoms. The largest absolute Gasteiger partial charge is 0.487 e. The van der Waals surface area contributed by atoms with Crippen LogP contribution in [0.25, 0.3) is 0 Å². The number of pyridine rings is 1. The van der Waals surface area contributed by atoms with Crippen LogP contribution in [0.2, 0.25) is 5.02 Å². The van der Waals surface area contributed by atoms with Crippen molar-refractivity contribution in [1.82, 2.24) is 4.98 Å². The fourth-order valence-electron chi connectivity index (χ4n) is 1.42. The second kappa shape index (κ2) is 5.23. The monoisotopic (exact) mass is 266 g/mol. The molecule has 0 spiro atoms. The first-order valence-corrected chi connectivity index (χ1v) is 5.74. The zero-order valence-electron chi connectivity index (χ0n) is 9.78. The van der Waals surface area contributed by atoms with Gasteiger partial charge in [0.15, 0.2) is 0 Å². The third kappa shape index (κ3) is 2.90. The Balaban J connectivity index is 2.11. The van der Waals surface area contributed by atoms with Gasteiger partial charge in [-0.25, -0.2) is 9.37 Å². The summed E-state index contributed by atoms with van der Waals surface area (Å²) in [6.07, 6.45) is 0. The molecule has 18 heavy (non-hydrogen) atoms. The van der Waals surface area contributed by atoms with Gasteiger partial charge in [0.25, 0.3) is 0 Å². The van der Waals surface area contributed by atoms with Crippen molar-refractivity contribution < 1.29 is 9.13 Å². The molecular weight excluding hydrogens is 255 g/mol. The molecule has 0 aliphatic carbocycles. The van der Waals surface area contributed by atoms with Crippen LogP contribution < -0.4 is 10.5 Å². The summed E-state index contributed by atoms with van der Waals surface area (Å²) in [5.74, 6) is 0.491. The number of benzene rings is 1. The van der Waals surface area contributed by atoms with Crippen LogP contribution in [0.3, 0.4) is 0 Å². The second-order valence-electron chi connectivity index (χ2n) is 3.86. The second-order valence-corrected chi connectivity index (χ2v) is 4.27. The fourth-order valence-corrected chi connectivity index (χ4v) is 1.58. The zero-order chi connectivity index (χ0) is 13.1. The van der Waals surface area contributed by atoms with Gasteiger partial charge in [0, 0.05) is 6.07 Å². The van der Waals surface area contributed by atoms with Gasteiger partial charge in [-0.15, -0.1) is 0 Å². The first-order valence-electron chi connectivity index (χ1n) is 5.36. The van der Waals surface area contributed by atoms with E-state index in [9.17, 15) is 4.39 Å². The van der Waals surface area contributed by atoms with Gasteiger partial charge in [-0.2, -0.15) is 0 Å². The summed E-state index contributed by atoms with van der Waals surface area (Å²) in [5, 5.41) is 0.469. The Morgan fingerprint density at radius 2 is 2.11 bits per heavy atom. The fraction of sp³-hybridized carbons (Fsp3) is 0.154. The van der Waals surface area contributed by atoms with Gasteiger partial charge in [0.05, 0.1) is 10.7 Å². The van der Waals surface area contributed by atoms with Crippen molar-refractivity contribution in [3.8, 4) is 5.75 Å². The van der Waals surface area contributed by atoms with E-state index in [-0.39, 0.29) is 12.4 Å². The number of aromatic nitrogens is 1. The molecule has 0 radical (unpaired) electrons. The highest BCUT2D eigenvalue weighted by Crippen LogP contribution is 2.20. The predicted molar refractivity (Wildman–Crippen MR) is 69.1 cm³/mol. The molecule has 2 aromatic rings. The van der Waals surface area contributed by atoms with E-state index in [2.05, 4.69) is 4.98 Å². The van der Waals surface area contributed by atoms with E-state index in [0.29, 0.717) is 27.8 Å². The Labute approximate surface area is 109 Å². The highest BCUT2D eigenvalue weighted by atomic mass is 35.5. The van der Waals surface area contributed by atoms with Crippen molar-refractivity contribution in [3.63, 3.8) is 0 Å². The Morgan fingerprint density at radius 3 is 2.83 bits per heavy atom. The van der Waals surface area contributed by atoms with Crippen molar-refractivity contribution in [3.05, 3.63) is 52.4 Å². The summed E-state index contributed by atoms with van der Waals surface area (Å²) in [4.78, 5) is 4.05. The molecule has 0 saturated carbocycles. The van der Waals surface area contributed by atoms with Crippen LogP contribution in [0.4, 0.5) is 10.2 Å². The number of ether oxygens (including phenoxy) is 1. The number of anilines is 1. The van der Waals surface area contributed by atoms with Crippen LogP contribution in [-0.4, -0.2) is 4.98 Å². The Hall–Kier alpha value is -1.81. The third-order valence-electron chi connectivity index (χ3n) is 2.46. The molecule has 0 amide bonds. The predicted octanol–water partition coefficient (Wildman–Crippen LogP) is 3.34. The van der Waals surface area contributed by atoms with Gasteiger partial charge in [-0.05, 0) is 30.7 Å². The molecule has 0 saturated heterocycles. The number of hydrogen-bond donors (Lipinski definition) is 1. The van der Waals surface area contributed by atoms with Crippen molar-refractivity contribution in [2.75, 3.05) is 5.73 Å².